The predicted molar refractivity (Wildman–Crippen MR) is 129 cm³/mol. The largest absolute Gasteiger partial charge is 0.493 e. The van der Waals surface area contributed by atoms with Crippen molar-refractivity contribution in [2.45, 2.75) is 0 Å². The number of ether oxygens (including phenoxy) is 4. The molecule has 0 aliphatic carbocycles. The summed E-state index contributed by atoms with van der Waals surface area (Å²) in [6.07, 6.45) is 1.44. The highest BCUT2D eigenvalue weighted by Gasteiger charge is 2.16. The Balaban J connectivity index is 1.55. The van der Waals surface area contributed by atoms with Crippen molar-refractivity contribution in [3.05, 3.63) is 63.4 Å². The van der Waals surface area contributed by atoms with Gasteiger partial charge in [-0.2, -0.15) is 0 Å². The van der Waals surface area contributed by atoms with Crippen molar-refractivity contribution in [1.82, 2.24) is 15.0 Å². The number of nitrogens with zero attached hydrogens (tertiary/aromatic N) is 3. The fraction of sp³-hybridized carbons (Fsp3) is 0.160. The standard InChI is InChI=1S/C25H19N3O8/c1-31-18-7-13-16(9-20(18)33-3)27-22(35-24(13)29)12-5-6-15(26-11-12)23-28-17-10-21(34-4)19(32-2)8-14(17)25(30)36-23/h5-11H,1-4H3. The van der Waals surface area contributed by atoms with Crippen LogP contribution in [0.15, 0.2) is 61.0 Å². The Morgan fingerprint density at radius 1 is 0.639 bits per heavy atom. The van der Waals surface area contributed by atoms with E-state index in [4.69, 9.17) is 27.8 Å². The van der Waals surface area contributed by atoms with Gasteiger partial charge < -0.3 is 27.8 Å². The summed E-state index contributed by atoms with van der Waals surface area (Å²) in [6, 6.07) is 9.39. The molecule has 0 radical (unpaired) electrons. The lowest BCUT2D eigenvalue weighted by Crippen LogP contribution is -2.05. The van der Waals surface area contributed by atoms with Gasteiger partial charge in [0.05, 0.1) is 55.8 Å². The Morgan fingerprint density at radius 2 is 1.11 bits per heavy atom. The summed E-state index contributed by atoms with van der Waals surface area (Å²) in [7, 11) is 5.92. The maximum atomic E-state index is 12.6. The molecule has 11 heteroatoms. The number of rotatable bonds is 6. The summed E-state index contributed by atoms with van der Waals surface area (Å²) in [6.45, 7) is 0. The highest BCUT2D eigenvalue weighted by atomic mass is 16.5. The molecule has 0 aliphatic heterocycles. The first kappa shape index (κ1) is 22.8. The van der Waals surface area contributed by atoms with Crippen LogP contribution in [0.1, 0.15) is 0 Å². The highest BCUT2D eigenvalue weighted by Crippen LogP contribution is 2.32. The van der Waals surface area contributed by atoms with Crippen LogP contribution in [0.2, 0.25) is 0 Å². The van der Waals surface area contributed by atoms with Gasteiger partial charge in [-0.25, -0.2) is 19.6 Å². The van der Waals surface area contributed by atoms with E-state index < -0.39 is 11.3 Å². The van der Waals surface area contributed by atoms with E-state index in [2.05, 4.69) is 15.0 Å². The van der Waals surface area contributed by atoms with Crippen molar-refractivity contribution in [1.29, 1.82) is 0 Å². The molecule has 3 heterocycles. The highest BCUT2D eigenvalue weighted by molar-refractivity contribution is 5.83. The van der Waals surface area contributed by atoms with Gasteiger partial charge in [-0.05, 0) is 12.1 Å². The van der Waals surface area contributed by atoms with Gasteiger partial charge in [-0.3, -0.25) is 4.98 Å². The van der Waals surface area contributed by atoms with E-state index >= 15 is 0 Å². The molecule has 3 aromatic heterocycles. The quantitative estimate of drug-likeness (QED) is 0.347. The van der Waals surface area contributed by atoms with Crippen molar-refractivity contribution >= 4 is 21.8 Å². The lowest BCUT2D eigenvalue weighted by Gasteiger charge is -2.09. The monoisotopic (exact) mass is 489 g/mol. The minimum atomic E-state index is -0.603. The molecule has 0 N–H and O–H groups in total. The zero-order valence-electron chi connectivity index (χ0n) is 19.6. The van der Waals surface area contributed by atoms with Gasteiger partial charge >= 0.3 is 11.3 Å². The number of pyridine rings is 1. The molecular weight excluding hydrogens is 470 g/mol. The zero-order valence-corrected chi connectivity index (χ0v) is 19.6. The first-order valence-electron chi connectivity index (χ1n) is 10.6. The summed E-state index contributed by atoms with van der Waals surface area (Å²) in [5.41, 5.74) is 0.259. The second-order valence-corrected chi connectivity index (χ2v) is 7.49. The van der Waals surface area contributed by atoms with Gasteiger partial charge in [0, 0.05) is 30.5 Å². The van der Waals surface area contributed by atoms with Crippen molar-refractivity contribution in [3.63, 3.8) is 0 Å². The Bertz CT molecular complexity index is 1600. The number of aromatic nitrogens is 3. The van der Waals surface area contributed by atoms with Gasteiger partial charge in [-0.15, -0.1) is 0 Å². The summed E-state index contributed by atoms with van der Waals surface area (Å²) in [5.74, 6) is 1.69. The van der Waals surface area contributed by atoms with Crippen LogP contribution >= 0.6 is 0 Å². The second-order valence-electron chi connectivity index (χ2n) is 7.49. The first-order valence-corrected chi connectivity index (χ1v) is 10.6. The fourth-order valence-corrected chi connectivity index (χ4v) is 3.68. The molecule has 182 valence electrons. The number of fused-ring (bicyclic) bond motifs is 2. The number of hydrogen-bond acceptors (Lipinski definition) is 11. The fourth-order valence-electron chi connectivity index (χ4n) is 3.68. The molecule has 0 amide bonds. The van der Waals surface area contributed by atoms with Crippen molar-refractivity contribution in [2.24, 2.45) is 0 Å². The molecule has 0 saturated carbocycles. The molecular formula is C25H19N3O8. The van der Waals surface area contributed by atoms with E-state index in [0.29, 0.717) is 45.3 Å². The smallest absolute Gasteiger partial charge is 0.347 e. The van der Waals surface area contributed by atoms with Crippen LogP contribution in [0, 0.1) is 0 Å². The molecule has 36 heavy (non-hydrogen) atoms. The van der Waals surface area contributed by atoms with Crippen molar-refractivity contribution < 1.29 is 27.8 Å². The maximum absolute atomic E-state index is 12.6. The number of methoxy groups -OCH3 is 4. The Kier molecular flexibility index (Phi) is 5.72. The normalized spacial score (nSPS) is 11.0. The van der Waals surface area contributed by atoms with E-state index in [1.54, 1.807) is 24.3 Å². The lowest BCUT2D eigenvalue weighted by atomic mass is 10.2. The minimum Gasteiger partial charge on any atom is -0.493 e. The molecule has 0 bridgehead atoms. The molecule has 0 saturated heterocycles. The molecule has 5 rings (SSSR count). The zero-order chi connectivity index (χ0) is 25.4. The van der Waals surface area contributed by atoms with Crippen LogP contribution in [-0.2, 0) is 0 Å². The maximum Gasteiger partial charge on any atom is 0.347 e. The van der Waals surface area contributed by atoms with E-state index in [9.17, 15) is 9.59 Å². The lowest BCUT2D eigenvalue weighted by molar-refractivity contribution is 0.355. The summed E-state index contributed by atoms with van der Waals surface area (Å²) in [4.78, 5) is 38.3. The van der Waals surface area contributed by atoms with Crippen LogP contribution in [0.5, 0.6) is 23.0 Å². The Labute approximate surface area is 202 Å². The van der Waals surface area contributed by atoms with Gasteiger partial charge in [0.15, 0.2) is 23.0 Å². The Hall–Kier alpha value is -4.93. The van der Waals surface area contributed by atoms with Crippen LogP contribution in [0.3, 0.4) is 0 Å². The predicted octanol–water partition coefficient (Wildman–Crippen LogP) is 3.45. The molecule has 0 aliphatic rings. The summed E-state index contributed by atoms with van der Waals surface area (Å²) >= 11 is 0. The molecule has 0 spiro atoms. The van der Waals surface area contributed by atoms with Gasteiger partial charge in [0.2, 0.25) is 11.8 Å². The third-order valence-electron chi connectivity index (χ3n) is 5.50. The van der Waals surface area contributed by atoms with E-state index in [1.165, 1.54) is 46.8 Å². The number of benzene rings is 2. The topological polar surface area (TPSA) is 136 Å². The third-order valence-corrected chi connectivity index (χ3v) is 5.50. The summed E-state index contributed by atoms with van der Waals surface area (Å²) in [5, 5.41) is 0.484. The summed E-state index contributed by atoms with van der Waals surface area (Å²) < 4.78 is 31.8. The number of hydrogen-bond donors (Lipinski definition) is 0. The molecule has 2 aromatic carbocycles. The average molecular weight is 489 g/mol. The molecule has 0 atom stereocenters. The van der Waals surface area contributed by atoms with E-state index in [-0.39, 0.29) is 22.6 Å². The molecule has 0 fully saturated rings. The Morgan fingerprint density at radius 3 is 1.58 bits per heavy atom. The minimum absolute atomic E-state index is 0.0102. The second kappa shape index (κ2) is 9.02. The van der Waals surface area contributed by atoms with Crippen LogP contribution in [0.25, 0.3) is 44.8 Å². The van der Waals surface area contributed by atoms with Crippen molar-refractivity contribution in [2.75, 3.05) is 28.4 Å². The van der Waals surface area contributed by atoms with Gasteiger partial charge in [0.25, 0.3) is 0 Å². The van der Waals surface area contributed by atoms with Crippen LogP contribution in [-0.4, -0.2) is 43.4 Å². The van der Waals surface area contributed by atoms with Crippen LogP contribution < -0.4 is 30.2 Å². The van der Waals surface area contributed by atoms with Crippen molar-refractivity contribution in [3.8, 4) is 46.0 Å². The first-order chi connectivity index (χ1) is 17.4. The van der Waals surface area contributed by atoms with Gasteiger partial charge in [0.1, 0.15) is 5.69 Å². The SMILES string of the molecule is COc1cc2nc(-c3ccc(-c4nc5cc(OC)c(OC)cc5c(=O)o4)nc3)oc(=O)c2cc1OC. The van der Waals surface area contributed by atoms with Crippen LogP contribution in [0.4, 0.5) is 0 Å². The average Bonchev–Trinajstić information content (AvgIpc) is 2.91. The third kappa shape index (κ3) is 3.86. The van der Waals surface area contributed by atoms with Gasteiger partial charge in [-0.1, -0.05) is 0 Å². The molecule has 0 unspecified atom stereocenters. The molecule has 5 aromatic rings. The van der Waals surface area contributed by atoms with E-state index in [1.807, 2.05) is 0 Å². The van der Waals surface area contributed by atoms with E-state index in [0.717, 1.165) is 0 Å². The molecule has 11 nitrogen and oxygen atoms in total.